The van der Waals surface area contributed by atoms with Gasteiger partial charge in [-0.25, -0.2) is 8.42 Å². The van der Waals surface area contributed by atoms with Gasteiger partial charge in [-0.2, -0.15) is 0 Å². The number of ether oxygens (including phenoxy) is 1. The lowest BCUT2D eigenvalue weighted by Gasteiger charge is -2.17. The number of benzene rings is 2. The predicted molar refractivity (Wildman–Crippen MR) is 106 cm³/mol. The van der Waals surface area contributed by atoms with Crippen LogP contribution in [0.5, 0.6) is 5.75 Å². The highest BCUT2D eigenvalue weighted by molar-refractivity contribution is 9.10. The maximum atomic E-state index is 12.3. The first-order valence-corrected chi connectivity index (χ1v) is 10.7. The summed E-state index contributed by atoms with van der Waals surface area (Å²) in [7, 11) is -1.95. The third-order valence-corrected chi connectivity index (χ3v) is 5.68. The lowest BCUT2D eigenvalue weighted by Crippen LogP contribution is -2.35. The number of amides is 1. The lowest BCUT2D eigenvalue weighted by molar-refractivity contribution is -0.127. The van der Waals surface area contributed by atoms with E-state index in [9.17, 15) is 13.2 Å². The molecule has 0 heterocycles. The Morgan fingerprint density at radius 3 is 2.58 bits per heavy atom. The number of sulfone groups is 1. The molecular weight excluding hydrogens is 418 g/mol. The minimum absolute atomic E-state index is 0.161. The largest absolute Gasteiger partial charge is 0.492 e. The third kappa shape index (κ3) is 6.80. The van der Waals surface area contributed by atoms with Crippen molar-refractivity contribution in [3.63, 3.8) is 0 Å². The number of likely N-dealkylation sites (N-methyl/N-ethyl adjacent to an activating group) is 1. The van der Waals surface area contributed by atoms with Crippen LogP contribution in [0.3, 0.4) is 0 Å². The molecule has 0 aliphatic rings. The van der Waals surface area contributed by atoms with Crippen LogP contribution in [0.1, 0.15) is 11.1 Å². The van der Waals surface area contributed by atoms with Crippen LogP contribution in [0.2, 0.25) is 0 Å². The predicted octanol–water partition coefficient (Wildman–Crippen LogP) is 3.21. The number of hydrogen-bond acceptors (Lipinski definition) is 4. The Kier molecular flexibility index (Phi) is 7.23. The summed E-state index contributed by atoms with van der Waals surface area (Å²) in [6, 6.07) is 14.7. The SMILES string of the molecule is Cc1cccc(OCCN(C)C(=O)CS(=O)(=O)Cc2cccc(Br)c2)c1. The van der Waals surface area contributed by atoms with E-state index in [2.05, 4.69) is 15.9 Å². The summed E-state index contributed by atoms with van der Waals surface area (Å²) in [5, 5.41) is 0. The fourth-order valence-corrected chi connectivity index (χ4v) is 4.19. The maximum absolute atomic E-state index is 12.3. The van der Waals surface area contributed by atoms with Crippen molar-refractivity contribution in [2.45, 2.75) is 12.7 Å². The molecule has 0 saturated carbocycles. The van der Waals surface area contributed by atoms with Gasteiger partial charge in [0.05, 0.1) is 12.3 Å². The highest BCUT2D eigenvalue weighted by Crippen LogP contribution is 2.15. The van der Waals surface area contributed by atoms with E-state index in [4.69, 9.17) is 4.74 Å². The molecule has 0 bridgehead atoms. The Labute approximate surface area is 163 Å². The summed E-state index contributed by atoms with van der Waals surface area (Å²) in [6.07, 6.45) is 0. The molecule has 0 unspecified atom stereocenters. The normalized spacial score (nSPS) is 11.2. The molecule has 2 rings (SSSR count). The molecule has 26 heavy (non-hydrogen) atoms. The number of hydrogen-bond donors (Lipinski definition) is 0. The van der Waals surface area contributed by atoms with Gasteiger partial charge in [-0.3, -0.25) is 4.79 Å². The van der Waals surface area contributed by atoms with Crippen molar-refractivity contribution in [2.75, 3.05) is 26.0 Å². The van der Waals surface area contributed by atoms with E-state index in [1.165, 1.54) is 4.90 Å². The van der Waals surface area contributed by atoms with Gasteiger partial charge >= 0.3 is 0 Å². The zero-order valence-corrected chi connectivity index (χ0v) is 17.2. The van der Waals surface area contributed by atoms with Crippen LogP contribution in [0.4, 0.5) is 0 Å². The molecule has 7 heteroatoms. The Balaban J connectivity index is 1.83. The van der Waals surface area contributed by atoms with E-state index in [1.54, 1.807) is 25.2 Å². The van der Waals surface area contributed by atoms with Crippen LogP contribution in [0.15, 0.2) is 53.0 Å². The molecular formula is C19H22BrNO4S. The molecule has 0 N–H and O–H groups in total. The first-order chi connectivity index (χ1) is 12.2. The quantitative estimate of drug-likeness (QED) is 0.633. The maximum Gasteiger partial charge on any atom is 0.237 e. The molecule has 0 radical (unpaired) electrons. The van der Waals surface area contributed by atoms with Crippen molar-refractivity contribution in [1.82, 2.24) is 4.90 Å². The average Bonchev–Trinajstić information content (AvgIpc) is 2.53. The molecule has 0 saturated heterocycles. The first kappa shape index (κ1) is 20.5. The van der Waals surface area contributed by atoms with Gasteiger partial charge in [-0.1, -0.05) is 40.2 Å². The Hall–Kier alpha value is -1.86. The van der Waals surface area contributed by atoms with Gasteiger partial charge in [0.1, 0.15) is 18.1 Å². The third-order valence-electron chi connectivity index (χ3n) is 3.73. The number of aryl methyl sites for hydroxylation is 1. The van der Waals surface area contributed by atoms with E-state index < -0.39 is 21.5 Å². The molecule has 0 aliphatic carbocycles. The van der Waals surface area contributed by atoms with Crippen LogP contribution in [0, 0.1) is 6.92 Å². The Morgan fingerprint density at radius 1 is 1.15 bits per heavy atom. The summed E-state index contributed by atoms with van der Waals surface area (Å²) in [4.78, 5) is 13.6. The molecule has 0 fully saturated rings. The zero-order chi connectivity index (χ0) is 19.2. The van der Waals surface area contributed by atoms with Gasteiger partial charge in [-0.15, -0.1) is 0 Å². The summed E-state index contributed by atoms with van der Waals surface area (Å²) < 4.78 is 30.9. The van der Waals surface area contributed by atoms with E-state index in [0.29, 0.717) is 18.7 Å². The molecule has 0 aliphatic heterocycles. The standard InChI is InChI=1S/C19H22BrNO4S/c1-15-5-3-8-18(11-15)25-10-9-21(2)19(22)14-26(23,24)13-16-6-4-7-17(20)12-16/h3-8,11-12H,9-10,13-14H2,1-2H3. The molecule has 2 aromatic rings. The highest BCUT2D eigenvalue weighted by Gasteiger charge is 2.20. The fourth-order valence-electron chi connectivity index (χ4n) is 2.36. The summed E-state index contributed by atoms with van der Waals surface area (Å²) in [5.74, 6) is -0.382. The second-order valence-corrected chi connectivity index (χ2v) is 9.12. The lowest BCUT2D eigenvalue weighted by atomic mass is 10.2. The van der Waals surface area contributed by atoms with Crippen molar-refractivity contribution in [2.24, 2.45) is 0 Å². The molecule has 140 valence electrons. The highest BCUT2D eigenvalue weighted by atomic mass is 79.9. The fraction of sp³-hybridized carbons (Fsp3) is 0.316. The topological polar surface area (TPSA) is 63.7 Å². The summed E-state index contributed by atoms with van der Waals surface area (Å²) >= 11 is 3.31. The van der Waals surface area contributed by atoms with Gasteiger partial charge in [0, 0.05) is 11.5 Å². The van der Waals surface area contributed by atoms with Crippen molar-refractivity contribution in [3.8, 4) is 5.75 Å². The zero-order valence-electron chi connectivity index (χ0n) is 14.8. The van der Waals surface area contributed by atoms with Gasteiger partial charge in [0.25, 0.3) is 0 Å². The van der Waals surface area contributed by atoms with Crippen molar-refractivity contribution >= 4 is 31.7 Å². The average molecular weight is 440 g/mol. The Morgan fingerprint density at radius 2 is 1.88 bits per heavy atom. The van der Waals surface area contributed by atoms with Crippen LogP contribution < -0.4 is 4.74 Å². The summed E-state index contributed by atoms with van der Waals surface area (Å²) in [6.45, 7) is 2.59. The van der Waals surface area contributed by atoms with Gasteiger partial charge in [0.2, 0.25) is 5.91 Å². The minimum atomic E-state index is -3.53. The number of carbonyl (C=O) groups excluding carboxylic acids is 1. The smallest absolute Gasteiger partial charge is 0.237 e. The van der Waals surface area contributed by atoms with Crippen molar-refractivity contribution < 1.29 is 17.9 Å². The number of halogens is 1. The van der Waals surface area contributed by atoms with E-state index in [1.807, 2.05) is 37.3 Å². The van der Waals surface area contributed by atoms with Crippen LogP contribution in [0.25, 0.3) is 0 Å². The number of rotatable bonds is 8. The Bertz CT molecular complexity index is 867. The van der Waals surface area contributed by atoms with Crippen molar-refractivity contribution in [1.29, 1.82) is 0 Å². The van der Waals surface area contributed by atoms with Crippen LogP contribution in [-0.4, -0.2) is 45.2 Å². The minimum Gasteiger partial charge on any atom is -0.492 e. The van der Waals surface area contributed by atoms with Crippen molar-refractivity contribution in [3.05, 3.63) is 64.1 Å². The van der Waals surface area contributed by atoms with Gasteiger partial charge in [0.15, 0.2) is 9.84 Å². The number of carbonyl (C=O) groups is 1. The second-order valence-electron chi connectivity index (χ2n) is 6.14. The first-order valence-electron chi connectivity index (χ1n) is 8.13. The second kappa shape index (κ2) is 9.19. The monoisotopic (exact) mass is 439 g/mol. The van der Waals surface area contributed by atoms with Gasteiger partial charge in [-0.05, 0) is 42.3 Å². The molecule has 0 atom stereocenters. The summed E-state index contributed by atoms with van der Waals surface area (Å²) in [5.41, 5.74) is 1.74. The van der Waals surface area contributed by atoms with E-state index in [0.717, 1.165) is 15.8 Å². The molecule has 0 spiro atoms. The molecule has 5 nitrogen and oxygen atoms in total. The molecule has 1 amide bonds. The van der Waals surface area contributed by atoms with E-state index >= 15 is 0 Å². The van der Waals surface area contributed by atoms with Crippen LogP contribution >= 0.6 is 15.9 Å². The van der Waals surface area contributed by atoms with Crippen LogP contribution in [-0.2, 0) is 20.4 Å². The molecule has 0 aromatic heterocycles. The molecule has 2 aromatic carbocycles. The number of nitrogens with zero attached hydrogens (tertiary/aromatic N) is 1. The van der Waals surface area contributed by atoms with Gasteiger partial charge < -0.3 is 9.64 Å². The van der Waals surface area contributed by atoms with E-state index in [-0.39, 0.29) is 5.75 Å².